The zero-order valence-corrected chi connectivity index (χ0v) is 11.9. The number of benzene rings is 1. The summed E-state index contributed by atoms with van der Waals surface area (Å²) in [5, 5.41) is 3.46. The predicted octanol–water partition coefficient (Wildman–Crippen LogP) is 2.73. The summed E-state index contributed by atoms with van der Waals surface area (Å²) in [4.78, 5) is 13.3. The van der Waals surface area contributed by atoms with E-state index < -0.39 is 0 Å². The maximum atomic E-state index is 11.7. The van der Waals surface area contributed by atoms with Gasteiger partial charge in [0.2, 0.25) is 0 Å². The fourth-order valence-electron chi connectivity index (χ4n) is 2.41. The first-order chi connectivity index (χ1) is 9.15. The van der Waals surface area contributed by atoms with Gasteiger partial charge in [0.1, 0.15) is 5.75 Å². The summed E-state index contributed by atoms with van der Waals surface area (Å²) in [6, 6.07) is 6.34. The molecule has 0 unspecified atom stereocenters. The highest BCUT2D eigenvalue weighted by Gasteiger charge is 2.22. The standard InChI is InChI=1S/C15H22N2O2/c1-4-16-14-9-7-11-6-8-12(10-13(11)14)19-15(18)17(3)5-2/h6,8,10,14,16H,4-5,7,9H2,1-3H3/t14-/m1/s1. The lowest BCUT2D eigenvalue weighted by Gasteiger charge is -2.16. The number of ether oxygens (including phenoxy) is 1. The van der Waals surface area contributed by atoms with Crippen molar-refractivity contribution in [2.45, 2.75) is 32.7 Å². The quantitative estimate of drug-likeness (QED) is 0.907. The van der Waals surface area contributed by atoms with Gasteiger partial charge in [-0.3, -0.25) is 0 Å². The van der Waals surface area contributed by atoms with Gasteiger partial charge in [-0.15, -0.1) is 0 Å². The molecule has 1 aromatic rings. The maximum Gasteiger partial charge on any atom is 0.414 e. The second-order valence-electron chi connectivity index (χ2n) is 4.89. The summed E-state index contributed by atoms with van der Waals surface area (Å²) in [5.74, 6) is 0.633. The minimum Gasteiger partial charge on any atom is -0.410 e. The van der Waals surface area contributed by atoms with Gasteiger partial charge in [-0.05, 0) is 49.6 Å². The fourth-order valence-corrected chi connectivity index (χ4v) is 2.41. The molecule has 0 radical (unpaired) electrons. The molecule has 19 heavy (non-hydrogen) atoms. The number of hydrogen-bond donors (Lipinski definition) is 1. The number of aryl methyl sites for hydroxylation is 1. The second kappa shape index (κ2) is 6.06. The third kappa shape index (κ3) is 3.07. The minimum atomic E-state index is -0.305. The Hall–Kier alpha value is -1.55. The van der Waals surface area contributed by atoms with E-state index >= 15 is 0 Å². The smallest absolute Gasteiger partial charge is 0.410 e. The molecule has 0 aliphatic heterocycles. The third-order valence-corrected chi connectivity index (χ3v) is 3.64. The normalized spacial score (nSPS) is 17.1. The topological polar surface area (TPSA) is 41.6 Å². The van der Waals surface area contributed by atoms with Gasteiger partial charge >= 0.3 is 6.09 Å². The molecule has 0 bridgehead atoms. The lowest BCUT2D eigenvalue weighted by Crippen LogP contribution is -2.29. The summed E-state index contributed by atoms with van der Waals surface area (Å²) in [5.41, 5.74) is 2.63. The average Bonchev–Trinajstić information content (AvgIpc) is 2.81. The van der Waals surface area contributed by atoms with Crippen molar-refractivity contribution in [1.29, 1.82) is 0 Å². The van der Waals surface area contributed by atoms with Crippen LogP contribution >= 0.6 is 0 Å². The molecule has 1 amide bonds. The SMILES string of the molecule is CCN[C@@H]1CCc2ccc(OC(=O)N(C)CC)cc21. The minimum absolute atomic E-state index is 0.305. The molecule has 1 N–H and O–H groups in total. The Morgan fingerprint density at radius 1 is 1.47 bits per heavy atom. The lowest BCUT2D eigenvalue weighted by molar-refractivity contribution is 0.165. The number of nitrogens with zero attached hydrogens (tertiary/aromatic N) is 1. The number of carbonyl (C=O) groups excluding carboxylic acids is 1. The average molecular weight is 262 g/mol. The second-order valence-corrected chi connectivity index (χ2v) is 4.89. The van der Waals surface area contributed by atoms with Crippen LogP contribution in [0.5, 0.6) is 5.75 Å². The Labute approximate surface area is 114 Å². The summed E-state index contributed by atoms with van der Waals surface area (Å²) < 4.78 is 5.38. The Bertz CT molecular complexity index is 457. The first-order valence-electron chi connectivity index (χ1n) is 6.94. The van der Waals surface area contributed by atoms with Gasteiger partial charge in [-0.25, -0.2) is 4.79 Å². The summed E-state index contributed by atoms with van der Waals surface area (Å²) in [6.45, 7) is 5.62. The molecule has 0 spiro atoms. The Morgan fingerprint density at radius 3 is 2.95 bits per heavy atom. The van der Waals surface area contributed by atoms with E-state index in [4.69, 9.17) is 4.74 Å². The zero-order chi connectivity index (χ0) is 13.8. The van der Waals surface area contributed by atoms with Crippen LogP contribution < -0.4 is 10.1 Å². The van der Waals surface area contributed by atoms with Gasteiger partial charge < -0.3 is 15.0 Å². The van der Waals surface area contributed by atoms with Crippen molar-refractivity contribution in [3.05, 3.63) is 29.3 Å². The molecule has 1 atom stereocenters. The van der Waals surface area contributed by atoms with Gasteiger partial charge in [0.25, 0.3) is 0 Å². The fraction of sp³-hybridized carbons (Fsp3) is 0.533. The van der Waals surface area contributed by atoms with Crippen molar-refractivity contribution < 1.29 is 9.53 Å². The number of amides is 1. The van der Waals surface area contributed by atoms with Gasteiger partial charge in [-0.1, -0.05) is 13.0 Å². The molecule has 0 saturated carbocycles. The molecule has 0 fully saturated rings. The van der Waals surface area contributed by atoms with Crippen LogP contribution in [-0.4, -0.2) is 31.1 Å². The molecule has 0 saturated heterocycles. The van der Waals surface area contributed by atoms with Crippen molar-refractivity contribution in [2.75, 3.05) is 20.1 Å². The van der Waals surface area contributed by atoms with E-state index in [-0.39, 0.29) is 6.09 Å². The lowest BCUT2D eigenvalue weighted by atomic mass is 10.1. The molecule has 0 heterocycles. The summed E-state index contributed by atoms with van der Waals surface area (Å²) >= 11 is 0. The van der Waals surface area contributed by atoms with E-state index in [1.54, 1.807) is 11.9 Å². The maximum absolute atomic E-state index is 11.7. The van der Waals surface area contributed by atoms with Crippen LogP contribution in [0, 0.1) is 0 Å². The molecule has 1 aliphatic carbocycles. The molecule has 4 nitrogen and oxygen atoms in total. The van der Waals surface area contributed by atoms with Crippen molar-refractivity contribution in [3.8, 4) is 5.75 Å². The zero-order valence-electron chi connectivity index (χ0n) is 11.9. The third-order valence-electron chi connectivity index (χ3n) is 3.64. The van der Waals surface area contributed by atoms with Crippen molar-refractivity contribution in [3.63, 3.8) is 0 Å². The van der Waals surface area contributed by atoms with Gasteiger partial charge in [0.05, 0.1) is 0 Å². The largest absolute Gasteiger partial charge is 0.414 e. The molecule has 4 heteroatoms. The molecular formula is C15H22N2O2. The highest BCUT2D eigenvalue weighted by Crippen LogP contribution is 2.33. The van der Waals surface area contributed by atoms with Gasteiger partial charge in [0, 0.05) is 19.6 Å². The predicted molar refractivity (Wildman–Crippen MR) is 75.5 cm³/mol. The van der Waals surface area contributed by atoms with E-state index in [1.807, 2.05) is 19.1 Å². The van der Waals surface area contributed by atoms with Crippen LogP contribution in [0.4, 0.5) is 4.79 Å². The van der Waals surface area contributed by atoms with E-state index in [9.17, 15) is 4.79 Å². The van der Waals surface area contributed by atoms with Gasteiger partial charge in [-0.2, -0.15) is 0 Å². The van der Waals surface area contributed by atoms with E-state index in [2.05, 4.69) is 18.3 Å². The van der Waals surface area contributed by atoms with Crippen molar-refractivity contribution in [1.82, 2.24) is 10.2 Å². The Morgan fingerprint density at radius 2 is 2.26 bits per heavy atom. The Balaban J connectivity index is 2.12. The number of carbonyl (C=O) groups is 1. The van der Waals surface area contributed by atoms with Crippen molar-refractivity contribution in [2.24, 2.45) is 0 Å². The number of rotatable bonds is 4. The van der Waals surface area contributed by atoms with Gasteiger partial charge in [0.15, 0.2) is 0 Å². The number of nitrogens with one attached hydrogen (secondary N) is 1. The Kier molecular flexibility index (Phi) is 4.43. The van der Waals surface area contributed by atoms with E-state index in [0.717, 1.165) is 19.4 Å². The van der Waals surface area contributed by atoms with Crippen LogP contribution in [-0.2, 0) is 6.42 Å². The first kappa shape index (κ1) is 13.9. The van der Waals surface area contributed by atoms with Crippen LogP contribution in [0.2, 0.25) is 0 Å². The highest BCUT2D eigenvalue weighted by molar-refractivity contribution is 5.70. The van der Waals surface area contributed by atoms with Crippen molar-refractivity contribution >= 4 is 6.09 Å². The molecular weight excluding hydrogens is 240 g/mol. The highest BCUT2D eigenvalue weighted by atomic mass is 16.6. The number of hydrogen-bond acceptors (Lipinski definition) is 3. The number of fused-ring (bicyclic) bond motifs is 1. The summed E-state index contributed by atoms with van der Waals surface area (Å²) in [7, 11) is 1.73. The molecule has 0 aromatic heterocycles. The molecule has 1 aliphatic rings. The van der Waals surface area contributed by atoms with Crippen LogP contribution in [0.25, 0.3) is 0 Å². The van der Waals surface area contributed by atoms with Crippen LogP contribution in [0.1, 0.15) is 37.4 Å². The first-order valence-corrected chi connectivity index (χ1v) is 6.94. The molecule has 1 aromatic carbocycles. The van der Waals surface area contributed by atoms with Crippen LogP contribution in [0.15, 0.2) is 18.2 Å². The molecule has 104 valence electrons. The molecule has 2 rings (SSSR count). The van der Waals surface area contributed by atoms with E-state index in [1.165, 1.54) is 11.1 Å². The monoisotopic (exact) mass is 262 g/mol. The summed E-state index contributed by atoms with van der Waals surface area (Å²) in [6.07, 6.45) is 1.91. The van der Waals surface area contributed by atoms with E-state index in [0.29, 0.717) is 18.3 Å². The van der Waals surface area contributed by atoms with Crippen LogP contribution in [0.3, 0.4) is 0 Å².